The van der Waals surface area contributed by atoms with Gasteiger partial charge in [0.1, 0.15) is 56.2 Å². The van der Waals surface area contributed by atoms with E-state index in [0.717, 1.165) is 0 Å². The Hall–Kier alpha value is -6.76. The molecule has 0 rings (SSSR count). The van der Waals surface area contributed by atoms with Crippen LogP contribution in [0.3, 0.4) is 0 Å². The lowest BCUT2D eigenvalue weighted by molar-refractivity contribution is -0.573. The summed E-state index contributed by atoms with van der Waals surface area (Å²) >= 11 is 0. The molecule has 103 heavy (non-hydrogen) atoms. The molecule has 26 nitrogen and oxygen atoms in total. The fourth-order valence-corrected chi connectivity index (χ4v) is 11.4. The number of nitro groups is 1. The molecule has 0 saturated carbocycles. The van der Waals surface area contributed by atoms with E-state index in [2.05, 4.69) is 10.6 Å². The number of Topliss-reactive ketones (excluding diaryl/α,β-unsaturated/α-hetero) is 1. The van der Waals surface area contributed by atoms with Gasteiger partial charge < -0.3 is 53.3 Å². The number of esters is 9. The van der Waals surface area contributed by atoms with Crippen LogP contribution < -0.4 is 10.6 Å². The summed E-state index contributed by atoms with van der Waals surface area (Å²) in [4.78, 5) is 181. The van der Waals surface area contributed by atoms with Crippen LogP contribution in [0.5, 0.6) is 0 Å². The molecule has 0 aromatic rings. The number of rotatable bonds is 41. The van der Waals surface area contributed by atoms with Crippen LogP contribution >= 0.6 is 0 Å². The number of hydrogen-bond acceptors (Lipinski definition) is 23. The van der Waals surface area contributed by atoms with E-state index >= 15 is 14.4 Å². The Kier molecular flexibility index (Phi) is 37.0. The predicted octanol–water partition coefficient (Wildman–Crippen LogP) is 14.1. The Balaban J connectivity index is 8.74. The number of ketones is 1. The van der Waals surface area contributed by atoms with Crippen molar-refractivity contribution in [3.05, 3.63) is 10.1 Å². The first kappa shape index (κ1) is 96.2. The highest BCUT2D eigenvalue weighted by Crippen LogP contribution is 2.42. The van der Waals surface area contributed by atoms with Crippen LogP contribution in [0, 0.1) is 15.5 Å². The number of amides is 2. The second-order valence-electron chi connectivity index (χ2n) is 36.6. The molecule has 0 heterocycles. The first-order chi connectivity index (χ1) is 46.2. The zero-order valence-electron chi connectivity index (χ0n) is 68.0. The monoisotopic (exact) mass is 1470 g/mol. The third kappa shape index (κ3) is 48.1. The van der Waals surface area contributed by atoms with E-state index in [-0.39, 0.29) is 116 Å². The maximum atomic E-state index is 15.1. The summed E-state index contributed by atoms with van der Waals surface area (Å²) in [6, 6.07) is 0. The smallest absolute Gasteiger partial charge is 0.306 e. The molecule has 0 aromatic heterocycles. The lowest BCUT2D eigenvalue weighted by atomic mass is 9.70. The van der Waals surface area contributed by atoms with E-state index in [1.54, 1.807) is 187 Å². The van der Waals surface area contributed by atoms with Crippen molar-refractivity contribution in [2.24, 2.45) is 5.41 Å². The molecule has 594 valence electrons. The molecule has 2 amide bonds. The van der Waals surface area contributed by atoms with Crippen molar-refractivity contribution in [3.8, 4) is 0 Å². The van der Waals surface area contributed by atoms with Crippen molar-refractivity contribution < 1.29 is 105 Å². The van der Waals surface area contributed by atoms with Crippen molar-refractivity contribution in [3.63, 3.8) is 0 Å². The van der Waals surface area contributed by atoms with Crippen molar-refractivity contribution >= 4 is 71.3 Å². The molecular weight excluding hydrogens is 1330 g/mol. The summed E-state index contributed by atoms with van der Waals surface area (Å²) < 4.78 is 50.9. The average Bonchev–Trinajstić information content (AvgIpc) is 0.826. The minimum atomic E-state index is -2.35. The maximum Gasteiger partial charge on any atom is 0.306 e. The molecule has 0 radical (unpaired) electrons. The van der Waals surface area contributed by atoms with Crippen LogP contribution in [0.15, 0.2) is 0 Å². The average molecular weight is 1470 g/mol. The van der Waals surface area contributed by atoms with Gasteiger partial charge in [0.2, 0.25) is 17.4 Å². The van der Waals surface area contributed by atoms with E-state index < -0.39 is 194 Å². The summed E-state index contributed by atoms with van der Waals surface area (Å²) in [5, 5.41) is 20.2. The van der Waals surface area contributed by atoms with E-state index in [4.69, 9.17) is 42.6 Å². The summed E-state index contributed by atoms with van der Waals surface area (Å²) in [7, 11) is 0. The fraction of sp³-hybridized carbons (Fsp3) is 0.844. The molecule has 0 bridgehead atoms. The second-order valence-corrected chi connectivity index (χ2v) is 36.6. The van der Waals surface area contributed by atoms with Crippen LogP contribution in [0.25, 0.3) is 0 Å². The highest BCUT2D eigenvalue weighted by molar-refractivity contribution is 5.81. The predicted molar refractivity (Wildman–Crippen MR) is 387 cm³/mol. The minimum absolute atomic E-state index is 0.102. The molecule has 0 unspecified atom stereocenters. The van der Waals surface area contributed by atoms with E-state index in [9.17, 15) is 53.3 Å². The molecule has 2 N–H and O–H groups in total. The van der Waals surface area contributed by atoms with E-state index in [0.29, 0.717) is 0 Å². The van der Waals surface area contributed by atoms with Gasteiger partial charge in [-0.25, -0.2) is 0 Å². The molecular formula is C77H133N3O23. The van der Waals surface area contributed by atoms with Gasteiger partial charge in [0.05, 0.1) is 0 Å². The largest absolute Gasteiger partial charge is 0.460 e. The van der Waals surface area contributed by atoms with Gasteiger partial charge in [-0.15, -0.1) is 0 Å². The quantitative estimate of drug-likeness (QED) is 0.0248. The highest BCUT2D eigenvalue weighted by Gasteiger charge is 2.47. The first-order valence-electron chi connectivity index (χ1n) is 36.4. The summed E-state index contributed by atoms with van der Waals surface area (Å²) in [5.74, 6) is -8.32. The molecule has 0 atom stereocenters. The van der Waals surface area contributed by atoms with Gasteiger partial charge in [-0.3, -0.25) is 67.6 Å². The lowest BCUT2D eigenvalue weighted by Crippen LogP contribution is -2.51. The third-order valence-electron chi connectivity index (χ3n) is 15.5. The number of ether oxygens (including phenoxy) is 9. The molecule has 0 aliphatic heterocycles. The third-order valence-corrected chi connectivity index (χ3v) is 15.5. The van der Waals surface area contributed by atoms with Crippen LogP contribution in [0.4, 0.5) is 0 Å². The maximum absolute atomic E-state index is 15.1. The van der Waals surface area contributed by atoms with Crippen LogP contribution in [-0.4, -0.2) is 143 Å². The van der Waals surface area contributed by atoms with Gasteiger partial charge >= 0.3 is 53.7 Å². The Morgan fingerprint density at radius 3 is 0.583 bits per heavy atom. The molecule has 0 aliphatic rings. The normalized spacial score (nSPS) is 13.2. The zero-order valence-corrected chi connectivity index (χ0v) is 68.0. The number of hydrogen-bond donors (Lipinski definition) is 2. The molecule has 26 heteroatoms. The molecule has 0 saturated heterocycles. The van der Waals surface area contributed by atoms with Crippen LogP contribution in [0.2, 0.25) is 0 Å². The number of carbonyl (C=O) groups is 12. The SMILES string of the molecule is CC(C)(C)OC(=O)CCC(CCC(=O)OC(C)(C)C)(CCC(=O)OC(C)(C)C)CC(=O)CCC(CCC(=O)NC(CCC(=O)OC(C)(C)C)(CCC(=O)OC(C)(C)C)CCC(=O)OC(C)(C)C)(CCC(=O)NC(CCC(=O)OC(C)(C)C)(CCC(=O)OC(C)(C)C)CCC(=O)OC(C)(C)C)[N+](=O)[O-]. The standard InChI is InChI=1S/C77H133N3O23/c1-65(2,3)95-56(84)31-40-74(41-32-57(85)96-66(4,5)6,42-33-58(86)97-67(7,8)9)52-53(81)28-49-77(80(93)94,50-29-54(82)78-75(43-34-59(87)98-68(10,11)12,44-35-60(88)99-69(13,14)15)45-36-61(89)100-70(16,17)18)51-30-55(83)79-76(46-37-62(90)101-71(19,20)21,47-38-63(91)102-72(22,23)24)48-39-64(92)103-73(25,26)27/h28-52H2,1-27H3,(H,78,82)(H,79,83). The summed E-state index contributed by atoms with van der Waals surface area (Å²) in [6.45, 7) is 45.0. The molecule has 0 spiro atoms. The van der Waals surface area contributed by atoms with Crippen LogP contribution in [0.1, 0.15) is 347 Å². The Morgan fingerprint density at radius 2 is 0.417 bits per heavy atom. The first-order valence-corrected chi connectivity index (χ1v) is 36.4. The highest BCUT2D eigenvalue weighted by atomic mass is 16.6. The molecule has 0 fully saturated rings. The second kappa shape index (κ2) is 39.6. The minimum Gasteiger partial charge on any atom is -0.460 e. The lowest BCUT2D eigenvalue weighted by Gasteiger charge is -2.36. The van der Waals surface area contributed by atoms with Gasteiger partial charge in [0.15, 0.2) is 0 Å². The van der Waals surface area contributed by atoms with Gasteiger partial charge in [-0.05, 0) is 250 Å². The topological polar surface area (TPSA) is 355 Å². The van der Waals surface area contributed by atoms with Crippen molar-refractivity contribution in [1.82, 2.24) is 10.6 Å². The van der Waals surface area contributed by atoms with Gasteiger partial charge in [-0.1, -0.05) is 0 Å². The molecule has 0 aromatic carbocycles. The van der Waals surface area contributed by atoms with Crippen molar-refractivity contribution in [2.75, 3.05) is 0 Å². The summed E-state index contributed by atoms with van der Waals surface area (Å²) in [5.41, 5.74) is -15.3. The van der Waals surface area contributed by atoms with Gasteiger partial charge in [0, 0.05) is 119 Å². The number of nitrogens with zero attached hydrogens (tertiary/aromatic N) is 1. The number of carbonyl (C=O) groups excluding carboxylic acids is 12. The van der Waals surface area contributed by atoms with Gasteiger partial charge in [-0.2, -0.15) is 0 Å². The number of nitrogens with one attached hydrogen (secondary N) is 2. The van der Waals surface area contributed by atoms with Crippen LogP contribution in [-0.2, 0) is 100 Å². The zero-order chi connectivity index (χ0) is 80.5. The van der Waals surface area contributed by atoms with Crippen molar-refractivity contribution in [2.45, 2.75) is 414 Å². The van der Waals surface area contributed by atoms with E-state index in [1.165, 1.54) is 0 Å². The van der Waals surface area contributed by atoms with Gasteiger partial charge in [0.25, 0.3) is 0 Å². The Bertz CT molecular complexity index is 2340. The Morgan fingerprint density at radius 1 is 0.252 bits per heavy atom. The Labute approximate surface area is 614 Å². The molecule has 0 aliphatic carbocycles. The fourth-order valence-electron chi connectivity index (χ4n) is 11.4. The van der Waals surface area contributed by atoms with E-state index in [1.807, 2.05) is 0 Å². The van der Waals surface area contributed by atoms with Crippen molar-refractivity contribution in [1.29, 1.82) is 0 Å². The summed E-state index contributed by atoms with van der Waals surface area (Å²) in [6.07, 6.45) is -8.78.